The van der Waals surface area contributed by atoms with Crippen LogP contribution in [0.2, 0.25) is 0 Å². The van der Waals surface area contributed by atoms with Gasteiger partial charge in [-0.1, -0.05) is 0 Å². The first-order valence-corrected chi connectivity index (χ1v) is 8.04. The third-order valence-corrected chi connectivity index (χ3v) is 4.20. The second-order valence-electron chi connectivity index (χ2n) is 6.77. The molecule has 2 amide bonds. The van der Waals surface area contributed by atoms with Crippen LogP contribution in [0.5, 0.6) is 0 Å². The van der Waals surface area contributed by atoms with Crippen molar-refractivity contribution in [1.29, 1.82) is 0 Å². The van der Waals surface area contributed by atoms with E-state index in [-0.39, 0.29) is 17.7 Å². The summed E-state index contributed by atoms with van der Waals surface area (Å²) in [5.41, 5.74) is 1.75. The Labute approximate surface area is 136 Å². The molecule has 7 heteroatoms. The van der Waals surface area contributed by atoms with E-state index in [1.807, 2.05) is 25.7 Å². The van der Waals surface area contributed by atoms with Gasteiger partial charge in [-0.3, -0.25) is 0 Å². The molecule has 3 rings (SSSR count). The summed E-state index contributed by atoms with van der Waals surface area (Å²) < 4.78 is 11.1. The van der Waals surface area contributed by atoms with Gasteiger partial charge >= 0.3 is 6.03 Å². The normalized spacial score (nSPS) is 23.3. The SMILES string of the molecule is C[C@H]1COC(C)(C)CN1C(=O)NCc1ncc2c(n1)CCOC2. The van der Waals surface area contributed by atoms with Gasteiger partial charge in [-0.25, -0.2) is 14.8 Å². The summed E-state index contributed by atoms with van der Waals surface area (Å²) in [6.07, 6.45) is 2.59. The molecule has 1 atom stereocenters. The molecule has 3 heterocycles. The van der Waals surface area contributed by atoms with Crippen molar-refractivity contribution in [1.82, 2.24) is 20.2 Å². The maximum absolute atomic E-state index is 12.4. The van der Waals surface area contributed by atoms with Gasteiger partial charge in [0, 0.05) is 18.2 Å². The summed E-state index contributed by atoms with van der Waals surface area (Å²) in [6.45, 7) is 8.69. The Morgan fingerprint density at radius 3 is 3.17 bits per heavy atom. The number of rotatable bonds is 2. The number of ether oxygens (including phenoxy) is 2. The summed E-state index contributed by atoms with van der Waals surface area (Å²) in [5.74, 6) is 0.638. The lowest BCUT2D eigenvalue weighted by molar-refractivity contribution is -0.0953. The second-order valence-corrected chi connectivity index (χ2v) is 6.77. The molecule has 0 aliphatic carbocycles. The Balaban J connectivity index is 1.60. The molecule has 7 nitrogen and oxygen atoms in total. The average Bonchev–Trinajstić information content (AvgIpc) is 2.54. The molecule has 23 heavy (non-hydrogen) atoms. The minimum absolute atomic E-state index is 0.0598. The topological polar surface area (TPSA) is 76.6 Å². The minimum atomic E-state index is -0.313. The first kappa shape index (κ1) is 16.1. The number of carbonyl (C=O) groups excluding carboxylic acids is 1. The van der Waals surface area contributed by atoms with Gasteiger partial charge < -0.3 is 19.7 Å². The third kappa shape index (κ3) is 3.79. The van der Waals surface area contributed by atoms with E-state index in [9.17, 15) is 4.79 Å². The van der Waals surface area contributed by atoms with Crippen LogP contribution in [0.15, 0.2) is 6.20 Å². The molecule has 2 aliphatic heterocycles. The van der Waals surface area contributed by atoms with Gasteiger partial charge in [0.15, 0.2) is 0 Å². The van der Waals surface area contributed by atoms with E-state index in [2.05, 4.69) is 15.3 Å². The van der Waals surface area contributed by atoms with Crippen molar-refractivity contribution < 1.29 is 14.3 Å². The van der Waals surface area contributed by atoms with Gasteiger partial charge in [-0.2, -0.15) is 0 Å². The Bertz CT molecular complexity index is 591. The number of amides is 2. The van der Waals surface area contributed by atoms with Gasteiger partial charge in [0.2, 0.25) is 0 Å². The van der Waals surface area contributed by atoms with E-state index < -0.39 is 0 Å². The summed E-state index contributed by atoms with van der Waals surface area (Å²) >= 11 is 0. The number of aromatic nitrogens is 2. The molecule has 1 saturated heterocycles. The lowest BCUT2D eigenvalue weighted by atomic mass is 10.1. The van der Waals surface area contributed by atoms with Crippen LogP contribution in [0, 0.1) is 0 Å². The largest absolute Gasteiger partial charge is 0.376 e. The van der Waals surface area contributed by atoms with Crippen LogP contribution in [0.25, 0.3) is 0 Å². The Kier molecular flexibility index (Phi) is 4.50. The van der Waals surface area contributed by atoms with E-state index in [4.69, 9.17) is 9.47 Å². The van der Waals surface area contributed by atoms with Crippen LogP contribution in [0.3, 0.4) is 0 Å². The van der Waals surface area contributed by atoms with Crippen LogP contribution < -0.4 is 5.32 Å². The first-order valence-electron chi connectivity index (χ1n) is 8.04. The quantitative estimate of drug-likeness (QED) is 0.888. The molecule has 0 saturated carbocycles. The van der Waals surface area contributed by atoms with Gasteiger partial charge in [-0.05, 0) is 20.8 Å². The van der Waals surface area contributed by atoms with Crippen molar-refractivity contribution in [2.45, 2.75) is 52.0 Å². The highest BCUT2D eigenvalue weighted by Gasteiger charge is 2.34. The molecule has 0 spiro atoms. The fraction of sp³-hybridized carbons (Fsp3) is 0.688. The fourth-order valence-electron chi connectivity index (χ4n) is 2.83. The van der Waals surface area contributed by atoms with Crippen LogP contribution in [-0.4, -0.2) is 52.3 Å². The van der Waals surface area contributed by atoms with Crippen molar-refractivity contribution in [2.24, 2.45) is 0 Å². The van der Waals surface area contributed by atoms with Crippen LogP contribution in [0.4, 0.5) is 4.79 Å². The van der Waals surface area contributed by atoms with Gasteiger partial charge in [-0.15, -0.1) is 0 Å². The zero-order chi connectivity index (χ0) is 16.4. The number of hydrogen-bond acceptors (Lipinski definition) is 5. The van der Waals surface area contributed by atoms with Crippen molar-refractivity contribution in [2.75, 3.05) is 19.8 Å². The highest BCUT2D eigenvalue weighted by Crippen LogP contribution is 2.20. The predicted octanol–water partition coefficient (Wildman–Crippen LogP) is 1.26. The van der Waals surface area contributed by atoms with Crippen molar-refractivity contribution >= 4 is 6.03 Å². The molecular formula is C16H24N4O3. The average molecular weight is 320 g/mol. The number of fused-ring (bicyclic) bond motifs is 1. The molecule has 1 fully saturated rings. The highest BCUT2D eigenvalue weighted by atomic mass is 16.5. The van der Waals surface area contributed by atoms with E-state index in [1.165, 1.54) is 0 Å². The number of morpholine rings is 1. The summed E-state index contributed by atoms with van der Waals surface area (Å²) in [7, 11) is 0. The Hall–Kier alpha value is -1.73. The molecule has 0 unspecified atom stereocenters. The number of nitrogens with zero attached hydrogens (tertiary/aromatic N) is 3. The maximum Gasteiger partial charge on any atom is 0.318 e. The summed E-state index contributed by atoms with van der Waals surface area (Å²) in [4.78, 5) is 23.1. The number of hydrogen-bond donors (Lipinski definition) is 1. The molecule has 2 aliphatic rings. The molecular weight excluding hydrogens is 296 g/mol. The number of carbonyl (C=O) groups is 1. The van der Waals surface area contributed by atoms with Crippen molar-refractivity contribution in [3.63, 3.8) is 0 Å². The molecule has 0 aromatic carbocycles. The number of urea groups is 1. The zero-order valence-corrected chi connectivity index (χ0v) is 14.0. The van der Waals surface area contributed by atoms with Crippen molar-refractivity contribution in [3.05, 3.63) is 23.3 Å². The molecule has 1 aromatic heterocycles. The predicted molar refractivity (Wildman–Crippen MR) is 83.8 cm³/mol. The van der Waals surface area contributed by atoms with E-state index in [0.29, 0.717) is 38.7 Å². The molecule has 1 N–H and O–H groups in total. The van der Waals surface area contributed by atoms with Crippen LogP contribution in [-0.2, 0) is 29.0 Å². The summed E-state index contributed by atoms with van der Waals surface area (Å²) in [6, 6.07) is -0.0387. The first-order chi connectivity index (χ1) is 10.9. The lowest BCUT2D eigenvalue weighted by Crippen LogP contribution is -2.57. The standard InChI is InChI=1S/C16H24N4O3/c1-11-8-23-16(2,3)10-20(11)15(21)18-7-14-17-6-12-9-22-5-4-13(12)19-14/h6,11H,4-5,7-10H2,1-3H3,(H,18,21)/t11-/m0/s1. The third-order valence-electron chi connectivity index (χ3n) is 4.20. The van der Waals surface area contributed by atoms with E-state index >= 15 is 0 Å². The maximum atomic E-state index is 12.4. The van der Waals surface area contributed by atoms with Crippen LogP contribution >= 0.6 is 0 Å². The van der Waals surface area contributed by atoms with E-state index in [1.54, 1.807) is 6.20 Å². The molecule has 1 aromatic rings. The Morgan fingerprint density at radius 1 is 1.52 bits per heavy atom. The minimum Gasteiger partial charge on any atom is -0.376 e. The monoisotopic (exact) mass is 320 g/mol. The highest BCUT2D eigenvalue weighted by molar-refractivity contribution is 5.74. The molecule has 126 valence electrons. The smallest absolute Gasteiger partial charge is 0.318 e. The summed E-state index contributed by atoms with van der Waals surface area (Å²) in [5, 5.41) is 2.92. The lowest BCUT2D eigenvalue weighted by Gasteiger charge is -2.42. The van der Waals surface area contributed by atoms with E-state index in [0.717, 1.165) is 17.7 Å². The van der Waals surface area contributed by atoms with Gasteiger partial charge in [0.25, 0.3) is 0 Å². The fourth-order valence-corrected chi connectivity index (χ4v) is 2.83. The zero-order valence-electron chi connectivity index (χ0n) is 14.0. The number of nitrogens with one attached hydrogen (secondary N) is 1. The van der Waals surface area contributed by atoms with Crippen LogP contribution in [0.1, 0.15) is 37.9 Å². The van der Waals surface area contributed by atoms with Crippen molar-refractivity contribution in [3.8, 4) is 0 Å². The molecule has 0 bridgehead atoms. The Morgan fingerprint density at radius 2 is 2.35 bits per heavy atom. The van der Waals surface area contributed by atoms with Gasteiger partial charge in [0.05, 0.1) is 50.2 Å². The van der Waals surface area contributed by atoms with Gasteiger partial charge in [0.1, 0.15) is 5.82 Å². The molecule has 0 radical (unpaired) electrons. The second kappa shape index (κ2) is 6.41.